The zero-order chi connectivity index (χ0) is 19.7. The van der Waals surface area contributed by atoms with Gasteiger partial charge in [-0.15, -0.1) is 0 Å². The number of nitrogens with one attached hydrogen (secondary N) is 2. The number of halogens is 2. The molecule has 1 aliphatic rings. The maximum Gasteiger partial charge on any atom is 0.407 e. The lowest BCUT2D eigenvalue weighted by atomic mass is 10.0. The molecular weight excluding hydrogens is 419 g/mol. The van der Waals surface area contributed by atoms with Crippen LogP contribution in [-0.4, -0.2) is 46.6 Å². The summed E-state index contributed by atoms with van der Waals surface area (Å²) in [5.74, 6) is -0.180. The molecule has 2 aromatic rings. The van der Waals surface area contributed by atoms with Crippen LogP contribution in [0.1, 0.15) is 38.6 Å². The summed E-state index contributed by atoms with van der Waals surface area (Å²) in [5.41, 5.74) is 0.824. The number of alkyl carbamates (subject to hydrolysis) is 1. The van der Waals surface area contributed by atoms with Crippen molar-refractivity contribution in [3.8, 4) is 0 Å². The van der Waals surface area contributed by atoms with Gasteiger partial charge in [0.2, 0.25) is 5.91 Å². The zero-order valence-corrected chi connectivity index (χ0v) is 17.0. The van der Waals surface area contributed by atoms with Gasteiger partial charge >= 0.3 is 6.09 Å². The number of methoxy groups -OCH3 is 1. The summed E-state index contributed by atoms with van der Waals surface area (Å²) in [6.07, 6.45) is 0.883. The highest BCUT2D eigenvalue weighted by Gasteiger charge is 2.37. The molecule has 3 rings (SSSR count). The molecule has 1 aromatic carbocycles. The number of aromatic nitrogens is 2. The Labute approximate surface area is 164 Å². The first-order valence-corrected chi connectivity index (χ1v) is 9.60. The topological polar surface area (TPSA) is 87.3 Å². The number of nitrogens with zero attached hydrogens (tertiary/aromatic N) is 2. The van der Waals surface area contributed by atoms with Crippen LogP contribution in [0.4, 0.5) is 9.18 Å². The summed E-state index contributed by atoms with van der Waals surface area (Å²) in [6.45, 7) is 4.27. The van der Waals surface area contributed by atoms with Gasteiger partial charge in [-0.25, -0.2) is 14.2 Å². The van der Waals surface area contributed by atoms with Crippen molar-refractivity contribution in [3.05, 3.63) is 28.2 Å². The molecule has 2 N–H and O–H groups in total. The summed E-state index contributed by atoms with van der Waals surface area (Å²) in [5, 5.41) is 2.61. The second-order valence-corrected chi connectivity index (χ2v) is 7.87. The number of likely N-dealkylation sites (tertiary alicyclic amines) is 1. The van der Waals surface area contributed by atoms with E-state index in [0.717, 1.165) is 12.8 Å². The second-order valence-electron chi connectivity index (χ2n) is 6.95. The first-order chi connectivity index (χ1) is 12.8. The van der Waals surface area contributed by atoms with Crippen molar-refractivity contribution in [2.45, 2.75) is 38.8 Å². The summed E-state index contributed by atoms with van der Waals surface area (Å²) >= 11 is 3.27. The van der Waals surface area contributed by atoms with Crippen LogP contribution in [0.15, 0.2) is 16.6 Å². The summed E-state index contributed by atoms with van der Waals surface area (Å²) in [7, 11) is 1.26. The smallest absolute Gasteiger partial charge is 0.407 e. The van der Waals surface area contributed by atoms with Gasteiger partial charge in [0.15, 0.2) is 5.82 Å². The van der Waals surface area contributed by atoms with E-state index in [1.807, 2.05) is 13.8 Å². The number of aromatic amines is 1. The molecule has 0 saturated carbocycles. The number of carbonyl (C=O) groups is 2. The maximum atomic E-state index is 14.2. The molecule has 7 nitrogen and oxygen atoms in total. The number of fused-ring (bicyclic) bond motifs is 1. The van der Waals surface area contributed by atoms with Crippen molar-refractivity contribution < 1.29 is 18.7 Å². The Morgan fingerprint density at radius 1 is 1.44 bits per heavy atom. The van der Waals surface area contributed by atoms with Crippen LogP contribution >= 0.6 is 15.9 Å². The maximum absolute atomic E-state index is 14.2. The molecule has 0 aliphatic carbocycles. The van der Waals surface area contributed by atoms with Crippen LogP contribution < -0.4 is 5.32 Å². The van der Waals surface area contributed by atoms with Crippen molar-refractivity contribution in [1.82, 2.24) is 20.2 Å². The number of amides is 2. The molecule has 2 amide bonds. The lowest BCUT2D eigenvalue weighted by Crippen LogP contribution is -2.51. The van der Waals surface area contributed by atoms with Crippen molar-refractivity contribution in [1.29, 1.82) is 0 Å². The molecule has 27 heavy (non-hydrogen) atoms. The highest BCUT2D eigenvalue weighted by atomic mass is 79.9. The van der Waals surface area contributed by atoms with E-state index in [1.165, 1.54) is 13.2 Å². The average molecular weight is 441 g/mol. The Balaban J connectivity index is 1.89. The van der Waals surface area contributed by atoms with Gasteiger partial charge in [0.25, 0.3) is 0 Å². The zero-order valence-electron chi connectivity index (χ0n) is 15.4. The average Bonchev–Trinajstić information content (AvgIpc) is 3.24. The third kappa shape index (κ3) is 3.92. The number of imidazole rings is 1. The van der Waals surface area contributed by atoms with Crippen LogP contribution in [0, 0.1) is 11.7 Å². The van der Waals surface area contributed by atoms with Gasteiger partial charge in [-0.1, -0.05) is 29.8 Å². The lowest BCUT2D eigenvalue weighted by Gasteiger charge is -2.29. The van der Waals surface area contributed by atoms with Gasteiger partial charge in [0, 0.05) is 11.0 Å². The van der Waals surface area contributed by atoms with Crippen molar-refractivity contribution in [3.63, 3.8) is 0 Å². The molecular formula is C18H22BrFN4O3. The monoisotopic (exact) mass is 440 g/mol. The fourth-order valence-corrected chi connectivity index (χ4v) is 3.84. The van der Waals surface area contributed by atoms with Gasteiger partial charge in [-0.05, 0) is 30.9 Å². The molecule has 0 bridgehead atoms. The quantitative estimate of drug-likeness (QED) is 0.761. The normalized spacial score (nSPS) is 18.1. The Hall–Kier alpha value is -2.16. The van der Waals surface area contributed by atoms with E-state index in [-0.39, 0.29) is 23.4 Å². The molecule has 2 atom stereocenters. The fraction of sp³-hybridized carbons (Fsp3) is 0.500. The van der Waals surface area contributed by atoms with E-state index in [9.17, 15) is 14.0 Å². The lowest BCUT2D eigenvalue weighted by molar-refractivity contribution is -0.135. The molecule has 1 aromatic heterocycles. The van der Waals surface area contributed by atoms with Crippen LogP contribution in [0.3, 0.4) is 0 Å². The van der Waals surface area contributed by atoms with Crippen LogP contribution in [0.25, 0.3) is 11.0 Å². The molecule has 0 spiro atoms. The standard InChI is InChI=1S/C18H22BrFN4O3/c1-9(2)14(23-18(26)27-3)17(25)24-6-4-5-13(24)16-21-12-8-10(19)7-11(20)15(12)22-16/h7-9,13-14H,4-6H2,1-3H3,(H,21,22)(H,23,26)/t13-,14-/m0/s1. The van der Waals surface area contributed by atoms with Crippen LogP contribution in [0.2, 0.25) is 0 Å². The number of hydrogen-bond acceptors (Lipinski definition) is 4. The van der Waals surface area contributed by atoms with Crippen LogP contribution in [0.5, 0.6) is 0 Å². The predicted octanol–water partition coefficient (Wildman–Crippen LogP) is 3.51. The predicted molar refractivity (Wildman–Crippen MR) is 102 cm³/mol. The van der Waals surface area contributed by atoms with Crippen molar-refractivity contribution >= 4 is 39.0 Å². The Morgan fingerprint density at radius 2 is 2.19 bits per heavy atom. The molecule has 9 heteroatoms. The number of benzene rings is 1. The molecule has 1 aliphatic heterocycles. The van der Waals surface area contributed by atoms with Gasteiger partial charge in [-0.3, -0.25) is 4.79 Å². The Kier molecular flexibility index (Phi) is 5.69. The van der Waals surface area contributed by atoms with Gasteiger partial charge in [0.05, 0.1) is 18.7 Å². The van der Waals surface area contributed by atoms with Crippen molar-refractivity contribution in [2.24, 2.45) is 5.92 Å². The number of carbonyl (C=O) groups excluding carboxylic acids is 2. The number of H-pyrrole nitrogens is 1. The third-order valence-electron chi connectivity index (χ3n) is 4.77. The fourth-order valence-electron chi connectivity index (χ4n) is 3.41. The first kappa shape index (κ1) is 19.6. The highest BCUT2D eigenvalue weighted by molar-refractivity contribution is 9.10. The van der Waals surface area contributed by atoms with E-state index in [1.54, 1.807) is 11.0 Å². The molecule has 1 saturated heterocycles. The molecule has 146 valence electrons. The SMILES string of the molecule is COC(=O)N[C@H](C(=O)N1CCC[C@H]1c1nc2c(F)cc(Br)cc2[nH]1)C(C)C. The summed E-state index contributed by atoms with van der Waals surface area (Å²) in [4.78, 5) is 33.9. The summed E-state index contributed by atoms with van der Waals surface area (Å²) in [6, 6.07) is 2.13. The van der Waals surface area contributed by atoms with E-state index >= 15 is 0 Å². The largest absolute Gasteiger partial charge is 0.453 e. The molecule has 2 heterocycles. The van der Waals surface area contributed by atoms with E-state index in [2.05, 4.69) is 36.0 Å². The van der Waals surface area contributed by atoms with Gasteiger partial charge < -0.3 is 19.9 Å². The van der Waals surface area contributed by atoms with E-state index < -0.39 is 18.0 Å². The number of ether oxygens (including phenoxy) is 1. The van der Waals surface area contributed by atoms with Crippen LogP contribution in [-0.2, 0) is 9.53 Å². The Bertz CT molecular complexity index is 870. The first-order valence-electron chi connectivity index (χ1n) is 8.81. The minimum atomic E-state index is -0.701. The van der Waals surface area contributed by atoms with Crippen molar-refractivity contribution in [2.75, 3.05) is 13.7 Å². The number of hydrogen-bond donors (Lipinski definition) is 2. The third-order valence-corrected chi connectivity index (χ3v) is 5.22. The number of rotatable bonds is 4. The highest BCUT2D eigenvalue weighted by Crippen LogP contribution is 2.33. The van der Waals surface area contributed by atoms with E-state index in [0.29, 0.717) is 22.4 Å². The summed E-state index contributed by atoms with van der Waals surface area (Å²) < 4.78 is 19.4. The van der Waals surface area contributed by atoms with Gasteiger partial charge in [-0.2, -0.15) is 0 Å². The second kappa shape index (κ2) is 7.84. The Morgan fingerprint density at radius 3 is 2.85 bits per heavy atom. The minimum Gasteiger partial charge on any atom is -0.453 e. The molecule has 0 radical (unpaired) electrons. The van der Waals surface area contributed by atoms with Gasteiger partial charge in [0.1, 0.15) is 17.4 Å². The minimum absolute atomic E-state index is 0.109. The molecule has 1 fully saturated rings. The molecule has 0 unspecified atom stereocenters. The van der Waals surface area contributed by atoms with E-state index in [4.69, 9.17) is 0 Å².